The van der Waals surface area contributed by atoms with Crippen molar-refractivity contribution in [2.24, 2.45) is 5.92 Å². The molecule has 1 fully saturated rings. The Kier molecular flexibility index (Phi) is 6.06. The van der Waals surface area contributed by atoms with Crippen molar-refractivity contribution >= 4 is 22.4 Å². The number of amides is 1. The molecule has 3 heterocycles. The van der Waals surface area contributed by atoms with Gasteiger partial charge in [0.1, 0.15) is 17.1 Å². The molecule has 0 aliphatic carbocycles. The van der Waals surface area contributed by atoms with Crippen LogP contribution < -0.4 is 10.1 Å². The summed E-state index contributed by atoms with van der Waals surface area (Å²) in [5.41, 5.74) is 1.58. The minimum absolute atomic E-state index is 0.0144. The number of halogens is 1. The molecule has 0 saturated carbocycles. The first-order valence-electron chi connectivity index (χ1n) is 9.15. The van der Waals surface area contributed by atoms with Gasteiger partial charge < -0.3 is 14.6 Å². The predicted molar refractivity (Wildman–Crippen MR) is 102 cm³/mol. The van der Waals surface area contributed by atoms with E-state index >= 15 is 0 Å². The zero-order valence-electron chi connectivity index (χ0n) is 15.5. The molecule has 0 atom stereocenters. The lowest BCUT2D eigenvalue weighted by atomic mass is 9.96. The summed E-state index contributed by atoms with van der Waals surface area (Å²) < 4.78 is 23.7. The lowest BCUT2D eigenvalue weighted by Crippen LogP contribution is -2.37. The molecule has 1 saturated heterocycles. The average Bonchev–Trinajstić information content (AvgIpc) is 3.40. The van der Waals surface area contributed by atoms with Gasteiger partial charge in [-0.2, -0.15) is 4.98 Å². The van der Waals surface area contributed by atoms with Gasteiger partial charge in [0.25, 0.3) is 0 Å². The van der Waals surface area contributed by atoms with Crippen molar-refractivity contribution in [2.75, 3.05) is 18.4 Å². The molecule has 1 N–H and O–H groups in total. The van der Waals surface area contributed by atoms with E-state index in [0.717, 1.165) is 25.9 Å². The Bertz CT molecular complexity index is 925. The van der Waals surface area contributed by atoms with Crippen molar-refractivity contribution in [3.8, 4) is 5.75 Å². The van der Waals surface area contributed by atoms with Gasteiger partial charge in [-0.25, -0.2) is 4.39 Å². The number of nitrogens with zero attached hydrogens (tertiary/aromatic N) is 5. The molecule has 1 amide bonds. The summed E-state index contributed by atoms with van der Waals surface area (Å²) in [4.78, 5) is 18.8. The van der Waals surface area contributed by atoms with E-state index in [4.69, 9.17) is 9.26 Å². The third-order valence-corrected chi connectivity index (χ3v) is 5.21. The first-order chi connectivity index (χ1) is 14.2. The maximum Gasteiger partial charge on any atom is 0.240 e. The highest BCUT2D eigenvalue weighted by molar-refractivity contribution is 7.13. The topological polar surface area (TPSA) is 106 Å². The molecular weight excluding hydrogens is 399 g/mol. The molecule has 3 aromatic rings. The molecule has 1 aliphatic rings. The molecule has 11 heteroatoms. The van der Waals surface area contributed by atoms with Crippen molar-refractivity contribution in [3.05, 3.63) is 47.3 Å². The number of hydrogen-bond donors (Lipinski definition) is 1. The molecule has 2 aromatic heterocycles. The quantitative estimate of drug-likeness (QED) is 0.624. The summed E-state index contributed by atoms with van der Waals surface area (Å²) in [6, 6.07) is 5.74. The molecule has 29 heavy (non-hydrogen) atoms. The lowest BCUT2D eigenvalue weighted by molar-refractivity contribution is -0.121. The van der Waals surface area contributed by atoms with Crippen LogP contribution in [0.3, 0.4) is 0 Å². The second kappa shape index (κ2) is 9.05. The normalized spacial score (nSPS) is 15.3. The van der Waals surface area contributed by atoms with Crippen LogP contribution in [0.2, 0.25) is 0 Å². The summed E-state index contributed by atoms with van der Waals surface area (Å²) in [5.74, 6) is 1.08. The van der Waals surface area contributed by atoms with Crippen molar-refractivity contribution in [1.82, 2.24) is 25.2 Å². The SMILES string of the molecule is O=C(Nc1nncs1)C1CCN(Cc2nc(COc3ccc(F)cc3)no2)CC1. The van der Waals surface area contributed by atoms with E-state index in [1.54, 1.807) is 17.6 Å². The molecule has 0 spiro atoms. The third kappa shape index (κ3) is 5.33. The molecule has 0 unspecified atom stereocenters. The second-order valence-corrected chi connectivity index (χ2v) is 7.46. The molecule has 9 nitrogen and oxygen atoms in total. The number of carbonyl (C=O) groups is 1. The first kappa shape index (κ1) is 19.4. The number of carbonyl (C=O) groups excluding carboxylic acids is 1. The summed E-state index contributed by atoms with van der Waals surface area (Å²) in [6.07, 6.45) is 1.50. The summed E-state index contributed by atoms with van der Waals surface area (Å²) in [6.45, 7) is 2.19. The third-order valence-electron chi connectivity index (χ3n) is 4.60. The van der Waals surface area contributed by atoms with E-state index in [-0.39, 0.29) is 24.2 Å². The van der Waals surface area contributed by atoms with Gasteiger partial charge in [0.2, 0.25) is 22.8 Å². The summed E-state index contributed by atoms with van der Waals surface area (Å²) >= 11 is 1.30. The van der Waals surface area contributed by atoms with Gasteiger partial charge in [-0.3, -0.25) is 9.69 Å². The van der Waals surface area contributed by atoms with Gasteiger partial charge >= 0.3 is 0 Å². The number of piperidine rings is 1. The van der Waals surface area contributed by atoms with E-state index in [1.165, 1.54) is 23.5 Å². The van der Waals surface area contributed by atoms with Gasteiger partial charge in [0.15, 0.2) is 6.61 Å². The summed E-state index contributed by atoms with van der Waals surface area (Å²) in [7, 11) is 0. The fourth-order valence-electron chi connectivity index (χ4n) is 3.07. The van der Waals surface area contributed by atoms with Gasteiger partial charge in [0.05, 0.1) is 6.54 Å². The number of hydrogen-bond acceptors (Lipinski definition) is 9. The Morgan fingerprint density at radius 1 is 1.31 bits per heavy atom. The Balaban J connectivity index is 1.21. The number of ether oxygens (including phenoxy) is 1. The molecule has 152 valence electrons. The number of anilines is 1. The highest BCUT2D eigenvalue weighted by atomic mass is 32.1. The summed E-state index contributed by atoms with van der Waals surface area (Å²) in [5, 5.41) is 14.8. The number of benzene rings is 1. The number of rotatable bonds is 7. The smallest absolute Gasteiger partial charge is 0.240 e. The Hall–Kier alpha value is -2.92. The standard InChI is InChI=1S/C18H19FN6O3S/c19-13-1-3-14(4-2-13)27-10-15-21-16(28-24-15)9-25-7-5-12(6-8-25)17(26)22-18-23-20-11-29-18/h1-4,11-12H,5-10H2,(H,22,23,26). The highest BCUT2D eigenvalue weighted by Gasteiger charge is 2.26. The van der Waals surface area contributed by atoms with E-state index < -0.39 is 0 Å². The van der Waals surface area contributed by atoms with Crippen LogP contribution in [0.1, 0.15) is 24.6 Å². The first-order valence-corrected chi connectivity index (χ1v) is 10.0. The van der Waals surface area contributed by atoms with Gasteiger partial charge in [-0.1, -0.05) is 16.5 Å². The highest BCUT2D eigenvalue weighted by Crippen LogP contribution is 2.21. The van der Waals surface area contributed by atoms with Crippen LogP contribution in [0, 0.1) is 11.7 Å². The minimum atomic E-state index is -0.319. The van der Waals surface area contributed by atoms with Crippen LogP contribution in [0.5, 0.6) is 5.75 Å². The Labute approximate surface area is 169 Å². The fraction of sp³-hybridized carbons (Fsp3) is 0.389. The molecular formula is C18H19FN6O3S. The van der Waals surface area contributed by atoms with Crippen molar-refractivity contribution in [3.63, 3.8) is 0 Å². The maximum absolute atomic E-state index is 12.9. The number of aromatic nitrogens is 4. The van der Waals surface area contributed by atoms with Crippen molar-refractivity contribution < 1.29 is 18.4 Å². The second-order valence-electron chi connectivity index (χ2n) is 6.63. The van der Waals surface area contributed by atoms with Crippen LogP contribution in [-0.4, -0.2) is 44.2 Å². The number of nitrogens with one attached hydrogen (secondary N) is 1. The molecule has 0 bridgehead atoms. The molecule has 0 radical (unpaired) electrons. The minimum Gasteiger partial charge on any atom is -0.485 e. The largest absolute Gasteiger partial charge is 0.485 e. The van der Waals surface area contributed by atoms with E-state index in [0.29, 0.717) is 29.1 Å². The Morgan fingerprint density at radius 2 is 2.10 bits per heavy atom. The van der Waals surface area contributed by atoms with Crippen LogP contribution in [-0.2, 0) is 17.9 Å². The van der Waals surface area contributed by atoms with E-state index in [1.807, 2.05) is 0 Å². The van der Waals surface area contributed by atoms with Gasteiger partial charge in [-0.05, 0) is 50.2 Å². The Morgan fingerprint density at radius 3 is 2.83 bits per heavy atom. The van der Waals surface area contributed by atoms with E-state index in [2.05, 4.69) is 30.6 Å². The van der Waals surface area contributed by atoms with Crippen molar-refractivity contribution in [2.45, 2.75) is 26.0 Å². The lowest BCUT2D eigenvalue weighted by Gasteiger charge is -2.29. The number of likely N-dealkylation sites (tertiary alicyclic amines) is 1. The van der Waals surface area contributed by atoms with Gasteiger partial charge in [0, 0.05) is 5.92 Å². The van der Waals surface area contributed by atoms with Crippen LogP contribution in [0.25, 0.3) is 0 Å². The monoisotopic (exact) mass is 418 g/mol. The zero-order valence-corrected chi connectivity index (χ0v) is 16.3. The fourth-order valence-corrected chi connectivity index (χ4v) is 3.52. The van der Waals surface area contributed by atoms with Crippen LogP contribution in [0.15, 0.2) is 34.3 Å². The molecule has 1 aliphatic heterocycles. The zero-order chi connectivity index (χ0) is 20.1. The van der Waals surface area contributed by atoms with Crippen LogP contribution in [0.4, 0.5) is 9.52 Å². The van der Waals surface area contributed by atoms with Crippen LogP contribution >= 0.6 is 11.3 Å². The maximum atomic E-state index is 12.9. The predicted octanol–water partition coefficient (Wildman–Crippen LogP) is 2.49. The van der Waals surface area contributed by atoms with E-state index in [9.17, 15) is 9.18 Å². The average molecular weight is 418 g/mol. The molecule has 4 rings (SSSR count). The molecule has 1 aromatic carbocycles. The van der Waals surface area contributed by atoms with Gasteiger partial charge in [-0.15, -0.1) is 10.2 Å². The van der Waals surface area contributed by atoms with Crippen molar-refractivity contribution in [1.29, 1.82) is 0 Å².